The van der Waals surface area contributed by atoms with Gasteiger partial charge < -0.3 is 11.1 Å². The summed E-state index contributed by atoms with van der Waals surface area (Å²) in [6, 6.07) is 14.5. The van der Waals surface area contributed by atoms with Gasteiger partial charge in [-0.25, -0.2) is 4.98 Å². The molecule has 0 aliphatic heterocycles. The Morgan fingerprint density at radius 2 is 1.89 bits per heavy atom. The van der Waals surface area contributed by atoms with E-state index >= 15 is 0 Å². The van der Waals surface area contributed by atoms with Crippen molar-refractivity contribution in [3.63, 3.8) is 0 Å². The van der Waals surface area contributed by atoms with Gasteiger partial charge in [-0.3, -0.25) is 0 Å². The first kappa shape index (κ1) is 12.4. The summed E-state index contributed by atoms with van der Waals surface area (Å²) in [5.74, 6) is 0.776. The van der Waals surface area contributed by atoms with Crippen LogP contribution < -0.4 is 11.1 Å². The Bertz CT molecular complexity index is 508. The maximum absolute atomic E-state index is 5.91. The largest absolute Gasteiger partial charge is 0.396 e. The minimum absolute atomic E-state index is 0.295. The average Bonchev–Trinajstić information content (AvgIpc) is 2.35. The number of nitrogens with one attached hydrogen (secondary N) is 1. The van der Waals surface area contributed by atoms with Crippen molar-refractivity contribution in [2.45, 2.75) is 26.3 Å². The molecule has 18 heavy (non-hydrogen) atoms. The molecule has 0 saturated heterocycles. The van der Waals surface area contributed by atoms with E-state index in [4.69, 9.17) is 5.73 Å². The fraction of sp³-hybridized carbons (Fsp3) is 0.267. The van der Waals surface area contributed by atoms with Gasteiger partial charge in [0.05, 0.1) is 5.69 Å². The zero-order chi connectivity index (χ0) is 13.0. The van der Waals surface area contributed by atoms with Gasteiger partial charge in [0.25, 0.3) is 0 Å². The van der Waals surface area contributed by atoms with E-state index in [9.17, 15) is 0 Å². The summed E-state index contributed by atoms with van der Waals surface area (Å²) in [7, 11) is 0. The SMILES string of the molecule is Cc1ccc(N)c(NC(C)Cc2ccccc2)n1. The van der Waals surface area contributed by atoms with E-state index in [1.54, 1.807) is 0 Å². The van der Waals surface area contributed by atoms with Gasteiger partial charge in [0.1, 0.15) is 5.82 Å². The molecule has 94 valence electrons. The van der Waals surface area contributed by atoms with Gasteiger partial charge in [0.15, 0.2) is 0 Å². The minimum Gasteiger partial charge on any atom is -0.396 e. The topological polar surface area (TPSA) is 50.9 Å². The van der Waals surface area contributed by atoms with E-state index in [-0.39, 0.29) is 0 Å². The molecule has 0 bridgehead atoms. The first-order chi connectivity index (χ1) is 8.65. The summed E-state index contributed by atoms with van der Waals surface area (Å²) in [5.41, 5.74) is 8.88. The van der Waals surface area contributed by atoms with Gasteiger partial charge in [0.2, 0.25) is 0 Å². The van der Waals surface area contributed by atoms with Crippen molar-refractivity contribution >= 4 is 11.5 Å². The van der Waals surface area contributed by atoms with Crippen molar-refractivity contribution in [3.8, 4) is 0 Å². The molecule has 0 radical (unpaired) electrons. The lowest BCUT2D eigenvalue weighted by atomic mass is 10.1. The standard InChI is InChI=1S/C15H19N3/c1-11-8-9-14(16)15(17-11)18-12(2)10-13-6-4-3-5-7-13/h3-9,12H,10,16H2,1-2H3,(H,17,18). The number of aromatic nitrogens is 1. The van der Waals surface area contributed by atoms with Crippen LogP contribution in [0.2, 0.25) is 0 Å². The fourth-order valence-electron chi connectivity index (χ4n) is 1.94. The summed E-state index contributed by atoms with van der Waals surface area (Å²) in [6.45, 7) is 4.10. The Morgan fingerprint density at radius 3 is 2.61 bits per heavy atom. The van der Waals surface area contributed by atoms with Crippen LogP contribution in [-0.2, 0) is 6.42 Å². The van der Waals surface area contributed by atoms with Crippen LogP contribution in [-0.4, -0.2) is 11.0 Å². The highest BCUT2D eigenvalue weighted by Crippen LogP contribution is 2.17. The highest BCUT2D eigenvalue weighted by atomic mass is 15.0. The van der Waals surface area contributed by atoms with E-state index in [1.807, 2.05) is 25.1 Å². The molecule has 1 aromatic carbocycles. The summed E-state index contributed by atoms with van der Waals surface area (Å²) in [4.78, 5) is 4.42. The predicted molar refractivity (Wildman–Crippen MR) is 76.6 cm³/mol. The van der Waals surface area contributed by atoms with Crippen LogP contribution in [0.4, 0.5) is 11.5 Å². The Hall–Kier alpha value is -2.03. The maximum atomic E-state index is 5.91. The second kappa shape index (κ2) is 5.54. The van der Waals surface area contributed by atoms with Crippen molar-refractivity contribution in [1.29, 1.82) is 0 Å². The van der Waals surface area contributed by atoms with Crippen LogP contribution in [0.3, 0.4) is 0 Å². The monoisotopic (exact) mass is 241 g/mol. The second-order valence-corrected chi connectivity index (χ2v) is 4.63. The third kappa shape index (κ3) is 3.23. The zero-order valence-electron chi connectivity index (χ0n) is 10.9. The number of benzene rings is 1. The average molecular weight is 241 g/mol. The Kier molecular flexibility index (Phi) is 3.82. The highest BCUT2D eigenvalue weighted by molar-refractivity contribution is 5.61. The van der Waals surface area contributed by atoms with Crippen LogP contribution in [0, 0.1) is 6.92 Å². The molecule has 3 nitrogen and oxygen atoms in total. The van der Waals surface area contributed by atoms with Crippen molar-refractivity contribution in [2.75, 3.05) is 11.1 Å². The lowest BCUT2D eigenvalue weighted by molar-refractivity contribution is 0.784. The number of nitrogen functional groups attached to an aromatic ring is 1. The summed E-state index contributed by atoms with van der Waals surface area (Å²) < 4.78 is 0. The molecule has 1 atom stereocenters. The second-order valence-electron chi connectivity index (χ2n) is 4.63. The van der Waals surface area contributed by atoms with Crippen LogP contribution in [0.15, 0.2) is 42.5 Å². The lowest BCUT2D eigenvalue weighted by Gasteiger charge is -2.16. The molecule has 0 amide bonds. The molecule has 0 fully saturated rings. The van der Waals surface area contributed by atoms with Crippen molar-refractivity contribution in [1.82, 2.24) is 4.98 Å². The zero-order valence-corrected chi connectivity index (χ0v) is 10.9. The first-order valence-electron chi connectivity index (χ1n) is 6.19. The van der Waals surface area contributed by atoms with E-state index in [2.05, 4.69) is 41.5 Å². The Labute approximate surface area is 108 Å². The molecule has 0 aliphatic carbocycles. The fourth-order valence-corrected chi connectivity index (χ4v) is 1.94. The number of hydrogen-bond donors (Lipinski definition) is 2. The number of nitrogens with zero attached hydrogens (tertiary/aromatic N) is 1. The van der Waals surface area contributed by atoms with E-state index in [0.717, 1.165) is 17.9 Å². The van der Waals surface area contributed by atoms with Gasteiger partial charge in [-0.1, -0.05) is 30.3 Å². The molecule has 1 unspecified atom stereocenters. The molecule has 2 rings (SSSR count). The van der Waals surface area contributed by atoms with Crippen LogP contribution >= 0.6 is 0 Å². The third-order valence-electron chi connectivity index (χ3n) is 2.83. The number of anilines is 2. The molecular formula is C15H19N3. The Morgan fingerprint density at radius 1 is 1.17 bits per heavy atom. The van der Waals surface area contributed by atoms with E-state index in [0.29, 0.717) is 11.7 Å². The number of pyridine rings is 1. The Balaban J connectivity index is 2.03. The summed E-state index contributed by atoms with van der Waals surface area (Å²) >= 11 is 0. The van der Waals surface area contributed by atoms with E-state index in [1.165, 1.54) is 5.56 Å². The molecule has 3 heteroatoms. The van der Waals surface area contributed by atoms with Gasteiger partial charge >= 0.3 is 0 Å². The predicted octanol–water partition coefficient (Wildman–Crippen LogP) is 3.02. The number of aryl methyl sites for hydroxylation is 1. The van der Waals surface area contributed by atoms with Crippen LogP contribution in [0.1, 0.15) is 18.2 Å². The normalized spacial score (nSPS) is 12.1. The molecule has 1 aromatic heterocycles. The quantitative estimate of drug-likeness (QED) is 0.865. The van der Waals surface area contributed by atoms with Gasteiger partial charge in [-0.2, -0.15) is 0 Å². The first-order valence-corrected chi connectivity index (χ1v) is 6.19. The van der Waals surface area contributed by atoms with Gasteiger partial charge in [-0.15, -0.1) is 0 Å². The molecular weight excluding hydrogens is 222 g/mol. The smallest absolute Gasteiger partial charge is 0.149 e. The van der Waals surface area contributed by atoms with E-state index < -0.39 is 0 Å². The highest BCUT2D eigenvalue weighted by Gasteiger charge is 2.07. The number of rotatable bonds is 4. The van der Waals surface area contributed by atoms with Gasteiger partial charge in [-0.05, 0) is 38.0 Å². The van der Waals surface area contributed by atoms with Crippen molar-refractivity contribution < 1.29 is 0 Å². The van der Waals surface area contributed by atoms with Crippen molar-refractivity contribution in [3.05, 3.63) is 53.7 Å². The molecule has 1 heterocycles. The molecule has 0 saturated carbocycles. The van der Waals surface area contributed by atoms with Crippen LogP contribution in [0.5, 0.6) is 0 Å². The number of nitrogens with two attached hydrogens (primary N) is 1. The summed E-state index contributed by atoms with van der Waals surface area (Å²) in [6.07, 6.45) is 0.954. The molecule has 0 spiro atoms. The molecule has 2 aromatic rings. The molecule has 3 N–H and O–H groups in total. The minimum atomic E-state index is 0.295. The maximum Gasteiger partial charge on any atom is 0.149 e. The third-order valence-corrected chi connectivity index (χ3v) is 2.83. The lowest BCUT2D eigenvalue weighted by Crippen LogP contribution is -2.20. The number of hydrogen-bond acceptors (Lipinski definition) is 3. The summed E-state index contributed by atoms with van der Waals surface area (Å²) in [5, 5.41) is 3.36. The van der Waals surface area contributed by atoms with Crippen molar-refractivity contribution in [2.24, 2.45) is 0 Å². The van der Waals surface area contributed by atoms with Crippen LogP contribution in [0.25, 0.3) is 0 Å². The molecule has 0 aliphatic rings. The van der Waals surface area contributed by atoms with Gasteiger partial charge in [0, 0.05) is 11.7 Å².